The zero-order chi connectivity index (χ0) is 17.6. The number of hydrogen-bond donors (Lipinski definition) is 2. The summed E-state index contributed by atoms with van der Waals surface area (Å²) in [7, 11) is 1.87. The number of aliphatic hydroxyl groups excluding tert-OH is 1. The molecule has 0 unspecified atom stereocenters. The van der Waals surface area contributed by atoms with Gasteiger partial charge in [0, 0.05) is 31.9 Å². The largest absolute Gasteiger partial charge is 0.492 e. The van der Waals surface area contributed by atoms with Gasteiger partial charge in [-0.1, -0.05) is 0 Å². The van der Waals surface area contributed by atoms with Crippen LogP contribution >= 0.6 is 0 Å². The molecule has 7 nitrogen and oxygen atoms in total. The summed E-state index contributed by atoms with van der Waals surface area (Å²) in [5.74, 6) is 0.659. The summed E-state index contributed by atoms with van der Waals surface area (Å²) in [6.07, 6.45) is 4.16. The van der Waals surface area contributed by atoms with Gasteiger partial charge < -0.3 is 15.2 Å². The fourth-order valence-corrected chi connectivity index (χ4v) is 2.84. The van der Waals surface area contributed by atoms with Crippen molar-refractivity contribution in [1.82, 2.24) is 20.0 Å². The number of nitrogens with one attached hydrogen (secondary N) is 1. The number of amides is 1. The van der Waals surface area contributed by atoms with E-state index in [1.165, 1.54) is 0 Å². The zero-order valence-corrected chi connectivity index (χ0v) is 14.3. The number of nitrogens with zero attached hydrogens (tertiary/aromatic N) is 3. The van der Waals surface area contributed by atoms with Crippen LogP contribution < -0.4 is 10.1 Å². The number of likely N-dealkylation sites (tertiary alicyclic amines) is 1. The van der Waals surface area contributed by atoms with Crippen molar-refractivity contribution >= 4 is 5.91 Å². The second-order valence-electron chi connectivity index (χ2n) is 6.24. The first kappa shape index (κ1) is 17.4. The second-order valence-corrected chi connectivity index (χ2v) is 6.24. The lowest BCUT2D eigenvalue weighted by Gasteiger charge is -2.14. The molecule has 25 heavy (non-hydrogen) atoms. The first-order valence-corrected chi connectivity index (χ1v) is 8.40. The third kappa shape index (κ3) is 5.04. The van der Waals surface area contributed by atoms with E-state index in [9.17, 15) is 9.90 Å². The highest BCUT2D eigenvalue weighted by Crippen LogP contribution is 2.22. The van der Waals surface area contributed by atoms with E-state index in [0.29, 0.717) is 32.0 Å². The van der Waals surface area contributed by atoms with Crippen molar-refractivity contribution in [1.29, 1.82) is 0 Å². The first-order valence-electron chi connectivity index (χ1n) is 8.40. The normalized spacial score (nSPS) is 17.6. The molecule has 0 aliphatic carbocycles. The number of benzene rings is 1. The summed E-state index contributed by atoms with van der Waals surface area (Å²) in [4.78, 5) is 13.8. The molecule has 1 atom stereocenters. The van der Waals surface area contributed by atoms with E-state index in [4.69, 9.17) is 4.74 Å². The average Bonchev–Trinajstić information content (AvgIpc) is 3.20. The maximum atomic E-state index is 11.9. The van der Waals surface area contributed by atoms with Gasteiger partial charge in [-0.05, 0) is 36.2 Å². The fourth-order valence-electron chi connectivity index (χ4n) is 2.84. The Hall–Kier alpha value is -2.38. The summed E-state index contributed by atoms with van der Waals surface area (Å²) in [6, 6.07) is 8.65. The van der Waals surface area contributed by atoms with Gasteiger partial charge in [-0.15, -0.1) is 0 Å². The van der Waals surface area contributed by atoms with Gasteiger partial charge in [-0.3, -0.25) is 14.4 Å². The maximum Gasteiger partial charge on any atom is 0.234 e. The minimum absolute atomic E-state index is 0.0478. The number of β-amino-alcohol motifs (C(OH)–C–C–N with tert-alkyl or cyclic N) is 1. The smallest absolute Gasteiger partial charge is 0.234 e. The van der Waals surface area contributed by atoms with Crippen LogP contribution in [0.2, 0.25) is 0 Å². The van der Waals surface area contributed by atoms with Gasteiger partial charge in [0.1, 0.15) is 12.4 Å². The van der Waals surface area contributed by atoms with Crippen molar-refractivity contribution < 1.29 is 14.6 Å². The van der Waals surface area contributed by atoms with E-state index >= 15 is 0 Å². The van der Waals surface area contributed by atoms with Crippen LogP contribution in [0, 0.1) is 6.07 Å². The fraction of sp³-hybridized carbons (Fsp3) is 0.444. The van der Waals surface area contributed by atoms with Crippen LogP contribution in [0.1, 0.15) is 6.42 Å². The number of rotatable bonds is 7. The third-order valence-electron chi connectivity index (χ3n) is 4.11. The molecule has 133 valence electrons. The summed E-state index contributed by atoms with van der Waals surface area (Å²) in [5, 5.41) is 16.4. The molecule has 2 heterocycles. The van der Waals surface area contributed by atoms with Gasteiger partial charge in [0.25, 0.3) is 0 Å². The van der Waals surface area contributed by atoms with E-state index < -0.39 is 0 Å². The van der Waals surface area contributed by atoms with Crippen LogP contribution in [0.4, 0.5) is 0 Å². The highest BCUT2D eigenvalue weighted by Gasteiger charge is 2.21. The lowest BCUT2D eigenvalue weighted by Crippen LogP contribution is -2.38. The summed E-state index contributed by atoms with van der Waals surface area (Å²) >= 11 is 0. The molecule has 3 rings (SSSR count). The highest BCUT2D eigenvalue weighted by molar-refractivity contribution is 5.78. The van der Waals surface area contributed by atoms with E-state index in [2.05, 4.69) is 16.5 Å². The van der Waals surface area contributed by atoms with Crippen molar-refractivity contribution in [3.8, 4) is 16.9 Å². The molecular weight excluding hydrogens is 320 g/mol. The number of ether oxygens (including phenoxy) is 1. The number of aromatic nitrogens is 2. The summed E-state index contributed by atoms with van der Waals surface area (Å²) in [6.45, 7) is 2.48. The Balaban J connectivity index is 1.41. The van der Waals surface area contributed by atoms with E-state index in [1.807, 2.05) is 30.3 Å². The second kappa shape index (κ2) is 8.13. The number of carbonyl (C=O) groups is 1. The van der Waals surface area contributed by atoms with E-state index in [1.54, 1.807) is 16.9 Å². The zero-order valence-electron chi connectivity index (χ0n) is 14.3. The molecule has 1 aromatic heterocycles. The number of hydrogen-bond acceptors (Lipinski definition) is 5. The van der Waals surface area contributed by atoms with Gasteiger partial charge in [0.15, 0.2) is 0 Å². The van der Waals surface area contributed by atoms with Crippen LogP contribution in [-0.4, -0.2) is 64.6 Å². The van der Waals surface area contributed by atoms with Crippen molar-refractivity contribution in [2.24, 2.45) is 7.05 Å². The van der Waals surface area contributed by atoms with Crippen molar-refractivity contribution in [3.05, 3.63) is 36.7 Å². The Morgan fingerprint density at radius 1 is 1.48 bits per heavy atom. The molecule has 1 saturated heterocycles. The first-order chi connectivity index (χ1) is 12.1. The van der Waals surface area contributed by atoms with E-state index in [0.717, 1.165) is 24.1 Å². The quantitative estimate of drug-likeness (QED) is 0.714. The van der Waals surface area contributed by atoms with Gasteiger partial charge in [-0.2, -0.15) is 5.10 Å². The molecule has 1 amide bonds. The summed E-state index contributed by atoms with van der Waals surface area (Å²) < 4.78 is 7.43. The predicted molar refractivity (Wildman–Crippen MR) is 93.0 cm³/mol. The number of carbonyl (C=O) groups excluding carboxylic acids is 1. The maximum absolute atomic E-state index is 11.9. The standard InChI is InChI=1S/C18H23N4O3/c1-21-11-15(10-20-21)14-3-2-4-17(9-14)25-8-6-19-18(24)13-22-7-5-16(23)12-22/h3-4,9-11,16,23H,5-8,12-13H2,1H3,(H,19,24)/t16-/m0/s1. The van der Waals surface area contributed by atoms with Crippen LogP contribution in [0.15, 0.2) is 30.6 Å². The monoisotopic (exact) mass is 343 g/mol. The molecule has 2 aromatic rings. The van der Waals surface area contributed by atoms with Crippen molar-refractivity contribution in [2.45, 2.75) is 12.5 Å². The number of aryl methyl sites for hydroxylation is 1. The minimum Gasteiger partial charge on any atom is -0.492 e. The van der Waals surface area contributed by atoms with Crippen LogP contribution in [-0.2, 0) is 11.8 Å². The average molecular weight is 343 g/mol. The third-order valence-corrected chi connectivity index (χ3v) is 4.11. The van der Waals surface area contributed by atoms with E-state index in [-0.39, 0.29) is 12.0 Å². The topological polar surface area (TPSA) is 79.6 Å². The minimum atomic E-state index is -0.306. The van der Waals surface area contributed by atoms with Gasteiger partial charge in [0.05, 0.1) is 25.4 Å². The highest BCUT2D eigenvalue weighted by atomic mass is 16.5. The molecule has 1 aromatic carbocycles. The van der Waals surface area contributed by atoms with Crippen LogP contribution in [0.25, 0.3) is 11.1 Å². The SMILES string of the molecule is Cn1cc(-c2c[c]cc(OCCNC(=O)CN3CC[C@H](O)C3)c2)cn1. The molecule has 7 heteroatoms. The molecule has 1 aliphatic rings. The molecule has 0 saturated carbocycles. The van der Waals surface area contributed by atoms with Gasteiger partial charge in [0.2, 0.25) is 5.91 Å². The Morgan fingerprint density at radius 3 is 3.08 bits per heavy atom. The molecule has 1 fully saturated rings. The number of aliphatic hydroxyl groups is 1. The van der Waals surface area contributed by atoms with Gasteiger partial charge in [-0.25, -0.2) is 0 Å². The van der Waals surface area contributed by atoms with Crippen LogP contribution in [0.5, 0.6) is 5.75 Å². The lowest BCUT2D eigenvalue weighted by atomic mass is 10.1. The molecule has 1 aliphatic heterocycles. The van der Waals surface area contributed by atoms with Crippen LogP contribution in [0.3, 0.4) is 0 Å². The molecule has 0 bridgehead atoms. The molecule has 2 N–H and O–H groups in total. The molecule has 0 spiro atoms. The lowest BCUT2D eigenvalue weighted by molar-refractivity contribution is -0.122. The molecular formula is C18H23N4O3. The Morgan fingerprint density at radius 2 is 2.36 bits per heavy atom. The van der Waals surface area contributed by atoms with Crippen molar-refractivity contribution in [3.63, 3.8) is 0 Å². The summed E-state index contributed by atoms with van der Waals surface area (Å²) in [5.41, 5.74) is 1.99. The Labute approximate surface area is 147 Å². The molecule has 1 radical (unpaired) electrons. The Kier molecular flexibility index (Phi) is 5.67. The Bertz CT molecular complexity index is 716. The van der Waals surface area contributed by atoms with Crippen molar-refractivity contribution in [2.75, 3.05) is 32.8 Å². The van der Waals surface area contributed by atoms with Gasteiger partial charge >= 0.3 is 0 Å². The predicted octanol–water partition coefficient (Wildman–Crippen LogP) is 0.449.